The molecule has 0 amide bonds. The van der Waals surface area contributed by atoms with Gasteiger partial charge in [-0.1, -0.05) is 19.4 Å². The van der Waals surface area contributed by atoms with Crippen LogP contribution in [0.3, 0.4) is 0 Å². The first-order valence-corrected chi connectivity index (χ1v) is 7.20. The molecule has 0 aliphatic carbocycles. The highest BCUT2D eigenvalue weighted by molar-refractivity contribution is 5.95. The number of alkyl halides is 2. The molecule has 1 aromatic rings. The minimum absolute atomic E-state index is 0.0199. The average molecular weight is 327 g/mol. The number of ketones is 1. The van der Waals surface area contributed by atoms with Crippen molar-refractivity contribution < 1.29 is 18.4 Å². The third-order valence-corrected chi connectivity index (χ3v) is 4.08. The third-order valence-electron chi connectivity index (χ3n) is 4.08. The Morgan fingerprint density at radius 1 is 1.39 bits per heavy atom. The van der Waals surface area contributed by atoms with E-state index in [1.807, 2.05) is 0 Å². The maximum atomic E-state index is 13.7. The molecule has 0 spiro atoms. The SMILES string of the molecule is CONCC(=O)c1cnc(/C=C(\C)C(C)(C)C(C)(F)F)c(C)n1. The molecule has 0 aliphatic rings. The quantitative estimate of drug-likeness (QED) is 0.615. The predicted molar refractivity (Wildman–Crippen MR) is 84.2 cm³/mol. The molecule has 1 heterocycles. The van der Waals surface area contributed by atoms with Gasteiger partial charge in [0.25, 0.3) is 5.92 Å². The van der Waals surface area contributed by atoms with Crippen LogP contribution >= 0.6 is 0 Å². The van der Waals surface area contributed by atoms with Crippen molar-refractivity contribution in [3.05, 3.63) is 28.9 Å². The fraction of sp³-hybridized carbons (Fsp3) is 0.562. The lowest BCUT2D eigenvalue weighted by molar-refractivity contribution is -0.0685. The first-order valence-electron chi connectivity index (χ1n) is 7.20. The molecule has 128 valence electrons. The van der Waals surface area contributed by atoms with Crippen LogP contribution in [0.1, 0.15) is 49.6 Å². The van der Waals surface area contributed by atoms with E-state index < -0.39 is 11.3 Å². The van der Waals surface area contributed by atoms with Crippen molar-refractivity contribution in [3.63, 3.8) is 0 Å². The molecule has 0 unspecified atom stereocenters. The molecule has 0 saturated carbocycles. The summed E-state index contributed by atoms with van der Waals surface area (Å²) >= 11 is 0. The van der Waals surface area contributed by atoms with Gasteiger partial charge in [-0.05, 0) is 19.9 Å². The van der Waals surface area contributed by atoms with Crippen LogP contribution in [0.5, 0.6) is 0 Å². The monoisotopic (exact) mass is 327 g/mol. The third kappa shape index (κ3) is 4.62. The second kappa shape index (κ2) is 7.23. The highest BCUT2D eigenvalue weighted by Gasteiger charge is 2.43. The minimum atomic E-state index is -2.86. The number of hydroxylamine groups is 1. The van der Waals surface area contributed by atoms with E-state index in [0.717, 1.165) is 6.92 Å². The van der Waals surface area contributed by atoms with Crippen molar-refractivity contribution in [1.29, 1.82) is 0 Å². The molecule has 0 aromatic carbocycles. The Labute approximate surface area is 135 Å². The van der Waals surface area contributed by atoms with E-state index in [9.17, 15) is 13.6 Å². The maximum absolute atomic E-state index is 13.7. The van der Waals surface area contributed by atoms with Gasteiger partial charge in [0.05, 0.1) is 31.2 Å². The lowest BCUT2D eigenvalue weighted by Gasteiger charge is -2.32. The topological polar surface area (TPSA) is 64.1 Å². The number of nitrogens with zero attached hydrogens (tertiary/aromatic N) is 2. The molecule has 0 saturated heterocycles. The highest BCUT2D eigenvalue weighted by Crippen LogP contribution is 2.42. The normalized spacial score (nSPS) is 13.3. The number of hydrogen-bond acceptors (Lipinski definition) is 5. The smallest absolute Gasteiger partial charge is 0.254 e. The molecular formula is C16H23F2N3O2. The number of carbonyl (C=O) groups excluding carboxylic acids is 1. The molecule has 0 fully saturated rings. The Morgan fingerprint density at radius 3 is 2.48 bits per heavy atom. The van der Waals surface area contributed by atoms with Crippen molar-refractivity contribution >= 4 is 11.9 Å². The Hall–Kier alpha value is -1.73. The van der Waals surface area contributed by atoms with E-state index in [2.05, 4.69) is 20.3 Å². The second-order valence-electron chi connectivity index (χ2n) is 6.02. The molecule has 0 bridgehead atoms. The minimum Gasteiger partial charge on any atom is -0.305 e. The van der Waals surface area contributed by atoms with Crippen LogP contribution in [-0.2, 0) is 4.84 Å². The molecule has 1 rings (SSSR count). The van der Waals surface area contributed by atoms with E-state index in [-0.39, 0.29) is 18.0 Å². The number of carbonyl (C=O) groups is 1. The summed E-state index contributed by atoms with van der Waals surface area (Å²) in [4.78, 5) is 24.8. The Kier molecular flexibility index (Phi) is 6.07. The standard InChI is InChI=1S/C16H23F2N3O2/c1-10(15(3,4)16(5,17)18)7-12-11(2)21-13(8-19-12)14(22)9-20-23-6/h7-8,20H,9H2,1-6H3/b10-7+. The summed E-state index contributed by atoms with van der Waals surface area (Å²) in [5.74, 6) is -3.13. The van der Waals surface area contributed by atoms with Crippen molar-refractivity contribution in [2.45, 2.75) is 40.5 Å². The van der Waals surface area contributed by atoms with E-state index in [4.69, 9.17) is 0 Å². The van der Waals surface area contributed by atoms with E-state index in [1.165, 1.54) is 27.2 Å². The molecular weight excluding hydrogens is 304 g/mol. The van der Waals surface area contributed by atoms with Crippen molar-refractivity contribution in [2.75, 3.05) is 13.7 Å². The molecule has 0 atom stereocenters. The van der Waals surface area contributed by atoms with Crippen LogP contribution in [0.25, 0.3) is 6.08 Å². The van der Waals surface area contributed by atoms with Crippen LogP contribution in [0.2, 0.25) is 0 Å². The average Bonchev–Trinajstić information content (AvgIpc) is 2.45. The van der Waals surface area contributed by atoms with E-state index in [0.29, 0.717) is 17.0 Å². The molecule has 5 nitrogen and oxygen atoms in total. The number of nitrogens with one attached hydrogen (secondary N) is 1. The van der Waals surface area contributed by atoms with Gasteiger partial charge in [0, 0.05) is 12.3 Å². The van der Waals surface area contributed by atoms with Crippen molar-refractivity contribution in [1.82, 2.24) is 15.4 Å². The highest BCUT2D eigenvalue weighted by atomic mass is 19.3. The zero-order valence-electron chi connectivity index (χ0n) is 14.3. The number of rotatable bonds is 7. The van der Waals surface area contributed by atoms with Gasteiger partial charge in [-0.25, -0.2) is 13.8 Å². The van der Waals surface area contributed by atoms with Gasteiger partial charge in [0.2, 0.25) is 0 Å². The first-order chi connectivity index (χ1) is 10.5. The largest absolute Gasteiger partial charge is 0.305 e. The van der Waals surface area contributed by atoms with Gasteiger partial charge in [-0.2, -0.15) is 5.48 Å². The predicted octanol–water partition coefficient (Wildman–Crippen LogP) is 3.20. The molecule has 23 heavy (non-hydrogen) atoms. The Bertz CT molecular complexity index is 608. The van der Waals surface area contributed by atoms with Gasteiger partial charge in [-0.15, -0.1) is 0 Å². The number of Topliss-reactive ketones (excluding diaryl/α,β-unsaturated/α-hetero) is 1. The molecule has 1 N–H and O–H groups in total. The molecule has 1 aromatic heterocycles. The maximum Gasteiger partial charge on any atom is 0.254 e. The van der Waals surface area contributed by atoms with Crippen LogP contribution in [0.4, 0.5) is 8.78 Å². The fourth-order valence-corrected chi connectivity index (χ4v) is 1.73. The van der Waals surface area contributed by atoms with Crippen LogP contribution in [0, 0.1) is 12.3 Å². The lowest BCUT2D eigenvalue weighted by atomic mass is 9.79. The zero-order valence-corrected chi connectivity index (χ0v) is 14.3. The van der Waals surface area contributed by atoms with Gasteiger partial charge < -0.3 is 4.84 Å². The number of aromatic nitrogens is 2. The van der Waals surface area contributed by atoms with Gasteiger partial charge in [0.15, 0.2) is 5.78 Å². The molecule has 0 aliphatic heterocycles. The Morgan fingerprint density at radius 2 is 2.00 bits per heavy atom. The van der Waals surface area contributed by atoms with Gasteiger partial charge >= 0.3 is 0 Å². The summed E-state index contributed by atoms with van der Waals surface area (Å²) in [7, 11) is 1.41. The van der Waals surface area contributed by atoms with Gasteiger partial charge in [0.1, 0.15) is 5.69 Å². The lowest BCUT2D eigenvalue weighted by Crippen LogP contribution is -2.34. The summed E-state index contributed by atoms with van der Waals surface area (Å²) in [6.45, 7) is 7.16. The summed E-state index contributed by atoms with van der Waals surface area (Å²) in [5.41, 5.74) is 2.79. The van der Waals surface area contributed by atoms with Crippen LogP contribution in [0.15, 0.2) is 11.8 Å². The number of hydrogen-bond donors (Lipinski definition) is 1. The van der Waals surface area contributed by atoms with Crippen LogP contribution < -0.4 is 5.48 Å². The number of aryl methyl sites for hydroxylation is 1. The Balaban J connectivity index is 3.08. The van der Waals surface area contributed by atoms with Crippen molar-refractivity contribution in [3.8, 4) is 0 Å². The van der Waals surface area contributed by atoms with E-state index in [1.54, 1.807) is 19.9 Å². The molecule has 7 heteroatoms. The summed E-state index contributed by atoms with van der Waals surface area (Å²) in [6.07, 6.45) is 2.92. The second-order valence-corrected chi connectivity index (χ2v) is 6.02. The zero-order chi connectivity index (χ0) is 17.8. The summed E-state index contributed by atoms with van der Waals surface area (Å²) < 4.78 is 27.4. The van der Waals surface area contributed by atoms with Crippen LogP contribution in [-0.4, -0.2) is 35.3 Å². The van der Waals surface area contributed by atoms with Crippen molar-refractivity contribution in [2.24, 2.45) is 5.41 Å². The van der Waals surface area contributed by atoms with E-state index >= 15 is 0 Å². The summed E-state index contributed by atoms with van der Waals surface area (Å²) in [6, 6.07) is 0. The molecule has 0 radical (unpaired) electrons. The summed E-state index contributed by atoms with van der Waals surface area (Å²) in [5, 5.41) is 0. The fourth-order valence-electron chi connectivity index (χ4n) is 1.73. The van der Waals surface area contributed by atoms with Gasteiger partial charge in [-0.3, -0.25) is 9.78 Å². The first kappa shape index (κ1) is 19.3. The number of halogens is 2. The number of allylic oxidation sites excluding steroid dienone is 1.